The van der Waals surface area contributed by atoms with E-state index in [0.717, 1.165) is 37.1 Å². The van der Waals surface area contributed by atoms with Gasteiger partial charge in [-0.2, -0.15) is 13.2 Å². The third kappa shape index (κ3) is 5.55. The van der Waals surface area contributed by atoms with Crippen molar-refractivity contribution in [3.63, 3.8) is 0 Å². The van der Waals surface area contributed by atoms with Gasteiger partial charge in [0, 0.05) is 24.4 Å². The monoisotopic (exact) mass is 428 g/mol. The Bertz CT molecular complexity index is 952. The number of carbonyl (C=O) groups is 1. The van der Waals surface area contributed by atoms with Gasteiger partial charge in [-0.15, -0.1) is 0 Å². The van der Waals surface area contributed by atoms with Gasteiger partial charge in [0.05, 0.1) is 16.6 Å². The summed E-state index contributed by atoms with van der Waals surface area (Å²) in [6.45, 7) is 0.799. The van der Waals surface area contributed by atoms with Crippen molar-refractivity contribution < 1.29 is 31.1 Å². The first-order valence-electron chi connectivity index (χ1n) is 8.85. The van der Waals surface area contributed by atoms with E-state index in [1.807, 2.05) is 0 Å². The molecule has 1 heterocycles. The molecule has 1 saturated heterocycles. The number of benzene rings is 2. The molecule has 0 unspecified atom stereocenters. The van der Waals surface area contributed by atoms with E-state index in [1.54, 1.807) is 0 Å². The van der Waals surface area contributed by atoms with Crippen LogP contribution in [0.15, 0.2) is 53.4 Å². The van der Waals surface area contributed by atoms with Gasteiger partial charge in [-0.1, -0.05) is 0 Å². The Morgan fingerprint density at radius 1 is 1.07 bits per heavy atom. The van der Waals surface area contributed by atoms with Crippen molar-refractivity contribution in [1.29, 1.82) is 0 Å². The number of amides is 1. The second-order valence-electron chi connectivity index (χ2n) is 6.54. The molecule has 29 heavy (non-hydrogen) atoms. The molecular weight excluding hydrogens is 409 g/mol. The molecule has 1 fully saturated rings. The van der Waals surface area contributed by atoms with E-state index >= 15 is 0 Å². The summed E-state index contributed by atoms with van der Waals surface area (Å²) in [6, 6.07) is 9.28. The Hall–Kier alpha value is -2.43. The van der Waals surface area contributed by atoms with Gasteiger partial charge in [0.1, 0.15) is 0 Å². The molecule has 0 aromatic heterocycles. The lowest BCUT2D eigenvalue weighted by Crippen LogP contribution is -2.31. The molecule has 156 valence electrons. The molecule has 1 aliphatic heterocycles. The molecule has 0 radical (unpaired) electrons. The molecule has 1 aliphatic rings. The minimum absolute atomic E-state index is 0.00146. The van der Waals surface area contributed by atoms with Crippen molar-refractivity contribution in [3.05, 3.63) is 59.7 Å². The average molecular weight is 428 g/mol. The van der Waals surface area contributed by atoms with Crippen molar-refractivity contribution in [2.24, 2.45) is 0 Å². The third-order valence-electron chi connectivity index (χ3n) is 4.42. The fourth-order valence-electron chi connectivity index (χ4n) is 2.82. The van der Waals surface area contributed by atoms with Crippen LogP contribution in [0.3, 0.4) is 0 Å². The Labute approximate surface area is 166 Å². The molecule has 3 rings (SSSR count). The fourth-order valence-corrected chi connectivity index (χ4v) is 3.89. The van der Waals surface area contributed by atoms with Crippen molar-refractivity contribution >= 4 is 21.6 Å². The van der Waals surface area contributed by atoms with Crippen molar-refractivity contribution in [2.45, 2.75) is 30.0 Å². The first-order chi connectivity index (χ1) is 13.6. The van der Waals surface area contributed by atoms with Gasteiger partial charge >= 0.3 is 6.18 Å². The van der Waals surface area contributed by atoms with E-state index in [-0.39, 0.29) is 28.8 Å². The highest BCUT2D eigenvalue weighted by Crippen LogP contribution is 2.29. The SMILES string of the molecule is O=C(Nc1ccc(C(F)(F)F)cc1)c1ccc(S(=O)(=O)NC[C@@H]2CCCO2)cc1. The summed E-state index contributed by atoms with van der Waals surface area (Å²) in [5.74, 6) is -0.568. The largest absolute Gasteiger partial charge is 0.416 e. The van der Waals surface area contributed by atoms with E-state index < -0.39 is 27.7 Å². The molecule has 2 aromatic rings. The Morgan fingerprint density at radius 3 is 2.28 bits per heavy atom. The molecule has 1 atom stereocenters. The highest BCUT2D eigenvalue weighted by Gasteiger charge is 2.30. The number of anilines is 1. The predicted octanol–water partition coefficient (Wildman–Crippen LogP) is 3.42. The summed E-state index contributed by atoms with van der Waals surface area (Å²) in [7, 11) is -3.74. The highest BCUT2D eigenvalue weighted by molar-refractivity contribution is 7.89. The van der Waals surface area contributed by atoms with Crippen molar-refractivity contribution in [2.75, 3.05) is 18.5 Å². The lowest BCUT2D eigenvalue weighted by Gasteiger charge is -2.12. The first-order valence-corrected chi connectivity index (χ1v) is 10.3. The molecule has 0 aliphatic carbocycles. The van der Waals surface area contributed by atoms with Crippen LogP contribution in [0.2, 0.25) is 0 Å². The number of halogens is 3. The predicted molar refractivity (Wildman–Crippen MR) is 100 cm³/mol. The fraction of sp³-hybridized carbons (Fsp3) is 0.316. The summed E-state index contributed by atoms with van der Waals surface area (Å²) >= 11 is 0. The van der Waals surface area contributed by atoms with E-state index in [1.165, 1.54) is 24.3 Å². The second kappa shape index (κ2) is 8.52. The molecule has 6 nitrogen and oxygen atoms in total. The number of hydrogen-bond donors (Lipinski definition) is 2. The van der Waals surface area contributed by atoms with Crippen LogP contribution in [0.1, 0.15) is 28.8 Å². The maximum absolute atomic E-state index is 12.6. The number of nitrogens with one attached hydrogen (secondary N) is 2. The summed E-state index contributed by atoms with van der Waals surface area (Å²) in [5, 5.41) is 2.47. The van der Waals surface area contributed by atoms with Crippen LogP contribution in [0.4, 0.5) is 18.9 Å². The topological polar surface area (TPSA) is 84.5 Å². The van der Waals surface area contributed by atoms with Gasteiger partial charge in [-0.05, 0) is 61.4 Å². The van der Waals surface area contributed by atoms with E-state index in [2.05, 4.69) is 10.0 Å². The first kappa shape index (κ1) is 21.3. The number of rotatable bonds is 6. The van der Waals surface area contributed by atoms with Crippen LogP contribution < -0.4 is 10.0 Å². The van der Waals surface area contributed by atoms with Crippen LogP contribution in [-0.4, -0.2) is 33.6 Å². The Morgan fingerprint density at radius 2 is 1.72 bits per heavy atom. The summed E-state index contributed by atoms with van der Waals surface area (Å²) < 4.78 is 70.2. The zero-order valence-electron chi connectivity index (χ0n) is 15.2. The average Bonchev–Trinajstić information content (AvgIpc) is 3.20. The minimum Gasteiger partial charge on any atom is -0.377 e. The quantitative estimate of drug-likeness (QED) is 0.739. The van der Waals surface area contributed by atoms with Crippen LogP contribution in [-0.2, 0) is 20.9 Å². The zero-order valence-corrected chi connectivity index (χ0v) is 16.0. The van der Waals surface area contributed by atoms with Crippen LogP contribution in [0.25, 0.3) is 0 Å². The van der Waals surface area contributed by atoms with E-state index in [4.69, 9.17) is 4.74 Å². The number of alkyl halides is 3. The van der Waals surface area contributed by atoms with Crippen LogP contribution in [0.5, 0.6) is 0 Å². The lowest BCUT2D eigenvalue weighted by atomic mass is 10.2. The normalized spacial score (nSPS) is 17.3. The molecule has 0 bridgehead atoms. The molecule has 0 saturated carbocycles. The molecule has 0 spiro atoms. The second-order valence-corrected chi connectivity index (χ2v) is 8.31. The standard InChI is InChI=1S/C19H19F3N2O4S/c20-19(21,22)14-5-7-15(8-6-14)24-18(25)13-3-9-17(10-4-13)29(26,27)23-12-16-2-1-11-28-16/h3-10,16,23H,1-2,11-12H2,(H,24,25)/t16-/m0/s1. The molecule has 1 amide bonds. The van der Waals surface area contributed by atoms with Crippen LogP contribution >= 0.6 is 0 Å². The summed E-state index contributed by atoms with van der Waals surface area (Å²) in [4.78, 5) is 12.2. The zero-order chi connectivity index (χ0) is 21.1. The molecular formula is C19H19F3N2O4S. The minimum atomic E-state index is -4.46. The van der Waals surface area contributed by atoms with Gasteiger partial charge in [0.25, 0.3) is 5.91 Å². The van der Waals surface area contributed by atoms with Gasteiger partial charge in [-0.3, -0.25) is 4.79 Å². The molecule has 10 heteroatoms. The Balaban J connectivity index is 1.62. The van der Waals surface area contributed by atoms with Gasteiger partial charge in [0.2, 0.25) is 10.0 Å². The number of hydrogen-bond acceptors (Lipinski definition) is 4. The van der Waals surface area contributed by atoms with Gasteiger partial charge < -0.3 is 10.1 Å². The smallest absolute Gasteiger partial charge is 0.377 e. The maximum Gasteiger partial charge on any atom is 0.416 e. The summed E-state index contributed by atoms with van der Waals surface area (Å²) in [6.07, 6.45) is -2.90. The summed E-state index contributed by atoms with van der Waals surface area (Å²) in [5.41, 5.74) is -0.457. The van der Waals surface area contributed by atoms with Crippen molar-refractivity contribution in [1.82, 2.24) is 4.72 Å². The number of sulfonamides is 1. The van der Waals surface area contributed by atoms with Gasteiger partial charge in [-0.25, -0.2) is 13.1 Å². The maximum atomic E-state index is 12.6. The van der Waals surface area contributed by atoms with Crippen molar-refractivity contribution in [3.8, 4) is 0 Å². The number of carbonyl (C=O) groups excluding carboxylic acids is 1. The van der Waals surface area contributed by atoms with Crippen LogP contribution in [0, 0.1) is 0 Å². The van der Waals surface area contributed by atoms with E-state index in [0.29, 0.717) is 6.61 Å². The number of ether oxygens (including phenoxy) is 1. The Kier molecular flexibility index (Phi) is 6.25. The molecule has 2 N–H and O–H groups in total. The highest BCUT2D eigenvalue weighted by atomic mass is 32.2. The molecule has 2 aromatic carbocycles. The third-order valence-corrected chi connectivity index (χ3v) is 5.86. The lowest BCUT2D eigenvalue weighted by molar-refractivity contribution is -0.137. The van der Waals surface area contributed by atoms with Gasteiger partial charge in [0.15, 0.2) is 0 Å². The van der Waals surface area contributed by atoms with E-state index in [9.17, 15) is 26.4 Å².